The number of benzene rings is 1. The van der Waals surface area contributed by atoms with Crippen molar-refractivity contribution in [2.75, 3.05) is 0 Å². The van der Waals surface area contributed by atoms with Crippen molar-refractivity contribution in [3.8, 4) is 0 Å². The van der Waals surface area contributed by atoms with E-state index in [0.29, 0.717) is 16.3 Å². The van der Waals surface area contributed by atoms with Gasteiger partial charge in [0.1, 0.15) is 11.5 Å². The van der Waals surface area contributed by atoms with Gasteiger partial charge in [-0.05, 0) is 45.4 Å². The molecule has 1 heterocycles. The molecule has 0 bridgehead atoms. The molecule has 0 saturated heterocycles. The number of halogens is 1. The van der Waals surface area contributed by atoms with Crippen LogP contribution in [0.15, 0.2) is 28.7 Å². The summed E-state index contributed by atoms with van der Waals surface area (Å²) in [6.07, 6.45) is 0. The maximum atomic E-state index is 12.4. The molecule has 4 heteroatoms. The SMILES string of the molecule is Cc1oc(C)c(C(=O)NC(C)c2cccc(Cl)c2)c1C. The summed E-state index contributed by atoms with van der Waals surface area (Å²) in [7, 11) is 0. The van der Waals surface area contributed by atoms with Crippen LogP contribution in [0.5, 0.6) is 0 Å². The summed E-state index contributed by atoms with van der Waals surface area (Å²) in [5.41, 5.74) is 2.48. The summed E-state index contributed by atoms with van der Waals surface area (Å²) in [5.74, 6) is 1.31. The van der Waals surface area contributed by atoms with Crippen LogP contribution in [0.1, 0.15) is 46.0 Å². The molecule has 2 rings (SSSR count). The van der Waals surface area contributed by atoms with Gasteiger partial charge in [-0.2, -0.15) is 0 Å². The Hall–Kier alpha value is -1.74. The molecular formula is C16H18ClNO2. The minimum Gasteiger partial charge on any atom is -0.466 e. The van der Waals surface area contributed by atoms with Gasteiger partial charge in [0.15, 0.2) is 0 Å². The summed E-state index contributed by atoms with van der Waals surface area (Å²) < 4.78 is 5.49. The normalized spacial score (nSPS) is 12.2. The van der Waals surface area contributed by atoms with E-state index in [1.165, 1.54) is 0 Å². The lowest BCUT2D eigenvalue weighted by molar-refractivity contribution is 0.0938. The minimum absolute atomic E-state index is 0.116. The van der Waals surface area contributed by atoms with Gasteiger partial charge < -0.3 is 9.73 Å². The molecular weight excluding hydrogens is 274 g/mol. The molecule has 1 aromatic carbocycles. The zero-order valence-corrected chi connectivity index (χ0v) is 12.8. The molecule has 0 saturated carbocycles. The molecule has 0 aliphatic heterocycles. The first-order chi connectivity index (χ1) is 9.40. The lowest BCUT2D eigenvalue weighted by Gasteiger charge is -2.14. The summed E-state index contributed by atoms with van der Waals surface area (Å²) in [4.78, 5) is 12.4. The fourth-order valence-corrected chi connectivity index (χ4v) is 2.45. The highest BCUT2D eigenvalue weighted by Crippen LogP contribution is 2.22. The van der Waals surface area contributed by atoms with Crippen molar-refractivity contribution in [1.82, 2.24) is 5.32 Å². The molecule has 0 fully saturated rings. The monoisotopic (exact) mass is 291 g/mol. The van der Waals surface area contributed by atoms with E-state index < -0.39 is 0 Å². The molecule has 0 radical (unpaired) electrons. The lowest BCUT2D eigenvalue weighted by atomic mass is 10.1. The third-order valence-electron chi connectivity index (χ3n) is 3.48. The number of rotatable bonds is 3. The van der Waals surface area contributed by atoms with Crippen LogP contribution in [0.4, 0.5) is 0 Å². The molecule has 1 unspecified atom stereocenters. The Labute approximate surface area is 123 Å². The van der Waals surface area contributed by atoms with Gasteiger partial charge in [0.25, 0.3) is 5.91 Å². The first-order valence-electron chi connectivity index (χ1n) is 6.53. The summed E-state index contributed by atoms with van der Waals surface area (Å²) >= 11 is 5.97. The van der Waals surface area contributed by atoms with Gasteiger partial charge in [-0.25, -0.2) is 0 Å². The maximum absolute atomic E-state index is 12.4. The summed E-state index contributed by atoms with van der Waals surface area (Å²) in [6, 6.07) is 7.37. The van der Waals surface area contributed by atoms with Crippen LogP contribution in [-0.4, -0.2) is 5.91 Å². The van der Waals surface area contributed by atoms with Crippen molar-refractivity contribution in [3.63, 3.8) is 0 Å². The fraction of sp³-hybridized carbons (Fsp3) is 0.312. The second kappa shape index (κ2) is 5.71. The van der Waals surface area contributed by atoms with Crippen molar-refractivity contribution in [1.29, 1.82) is 0 Å². The van der Waals surface area contributed by atoms with Crippen LogP contribution in [0.2, 0.25) is 5.02 Å². The van der Waals surface area contributed by atoms with Crippen molar-refractivity contribution < 1.29 is 9.21 Å². The Morgan fingerprint density at radius 1 is 1.25 bits per heavy atom. The standard InChI is InChI=1S/C16H18ClNO2/c1-9-11(3)20-12(4)15(9)16(19)18-10(2)13-6-5-7-14(17)8-13/h5-8,10H,1-4H3,(H,18,19). The van der Waals surface area contributed by atoms with E-state index in [0.717, 1.165) is 16.9 Å². The fourth-order valence-electron chi connectivity index (χ4n) is 2.26. The van der Waals surface area contributed by atoms with Crippen LogP contribution in [0, 0.1) is 20.8 Å². The molecule has 0 aliphatic carbocycles. The highest BCUT2D eigenvalue weighted by molar-refractivity contribution is 6.30. The number of aryl methyl sites for hydroxylation is 2. The van der Waals surface area contributed by atoms with E-state index in [9.17, 15) is 4.79 Å². The average molecular weight is 292 g/mol. The van der Waals surface area contributed by atoms with Gasteiger partial charge in [0, 0.05) is 10.6 Å². The van der Waals surface area contributed by atoms with Crippen LogP contribution in [0.3, 0.4) is 0 Å². The smallest absolute Gasteiger partial charge is 0.255 e. The number of furan rings is 1. The number of carbonyl (C=O) groups excluding carboxylic acids is 1. The minimum atomic E-state index is -0.121. The average Bonchev–Trinajstić information content (AvgIpc) is 2.63. The Bertz CT molecular complexity index is 646. The van der Waals surface area contributed by atoms with Crippen LogP contribution >= 0.6 is 11.6 Å². The van der Waals surface area contributed by atoms with Crippen molar-refractivity contribution >= 4 is 17.5 Å². The highest BCUT2D eigenvalue weighted by Gasteiger charge is 2.20. The van der Waals surface area contributed by atoms with Gasteiger partial charge in [-0.1, -0.05) is 23.7 Å². The van der Waals surface area contributed by atoms with Gasteiger partial charge in [0.2, 0.25) is 0 Å². The van der Waals surface area contributed by atoms with Gasteiger partial charge in [-0.3, -0.25) is 4.79 Å². The number of amides is 1. The molecule has 1 N–H and O–H groups in total. The molecule has 3 nitrogen and oxygen atoms in total. The second-order valence-corrected chi connectivity index (χ2v) is 5.40. The molecule has 2 aromatic rings. The van der Waals surface area contributed by atoms with E-state index in [2.05, 4.69) is 5.32 Å². The van der Waals surface area contributed by atoms with Gasteiger partial charge in [0.05, 0.1) is 11.6 Å². The predicted octanol–water partition coefficient (Wildman–Crippen LogP) is 4.35. The number of nitrogens with one attached hydrogen (secondary N) is 1. The van der Waals surface area contributed by atoms with E-state index in [1.807, 2.05) is 45.0 Å². The first-order valence-corrected chi connectivity index (χ1v) is 6.91. The van der Waals surface area contributed by atoms with Crippen molar-refractivity contribution in [2.24, 2.45) is 0 Å². The van der Waals surface area contributed by atoms with E-state index in [1.54, 1.807) is 6.92 Å². The second-order valence-electron chi connectivity index (χ2n) is 4.96. The highest BCUT2D eigenvalue weighted by atomic mass is 35.5. The number of carbonyl (C=O) groups is 1. The zero-order chi connectivity index (χ0) is 14.9. The molecule has 1 amide bonds. The van der Waals surface area contributed by atoms with Crippen molar-refractivity contribution in [3.05, 3.63) is 57.5 Å². The van der Waals surface area contributed by atoms with Crippen LogP contribution in [0.25, 0.3) is 0 Å². The lowest BCUT2D eigenvalue weighted by Crippen LogP contribution is -2.27. The summed E-state index contributed by atoms with van der Waals surface area (Å²) in [6.45, 7) is 7.49. The van der Waals surface area contributed by atoms with Crippen molar-refractivity contribution in [2.45, 2.75) is 33.7 Å². The third-order valence-corrected chi connectivity index (χ3v) is 3.72. The van der Waals surface area contributed by atoms with Crippen LogP contribution < -0.4 is 5.32 Å². The molecule has 1 aromatic heterocycles. The third kappa shape index (κ3) is 2.88. The van der Waals surface area contributed by atoms with E-state index >= 15 is 0 Å². The Kier molecular flexibility index (Phi) is 4.19. The van der Waals surface area contributed by atoms with Gasteiger partial charge in [-0.15, -0.1) is 0 Å². The molecule has 106 valence electrons. The first kappa shape index (κ1) is 14.7. The Morgan fingerprint density at radius 3 is 2.50 bits per heavy atom. The van der Waals surface area contributed by atoms with Gasteiger partial charge >= 0.3 is 0 Å². The quantitative estimate of drug-likeness (QED) is 0.913. The maximum Gasteiger partial charge on any atom is 0.255 e. The number of hydrogen-bond acceptors (Lipinski definition) is 2. The van der Waals surface area contributed by atoms with E-state index in [-0.39, 0.29) is 11.9 Å². The molecule has 1 atom stereocenters. The molecule has 20 heavy (non-hydrogen) atoms. The Morgan fingerprint density at radius 2 is 1.95 bits per heavy atom. The summed E-state index contributed by atoms with van der Waals surface area (Å²) in [5, 5.41) is 3.64. The van der Waals surface area contributed by atoms with Crippen LogP contribution in [-0.2, 0) is 0 Å². The topological polar surface area (TPSA) is 42.2 Å². The largest absolute Gasteiger partial charge is 0.466 e. The Balaban J connectivity index is 2.19. The zero-order valence-electron chi connectivity index (χ0n) is 12.1. The molecule has 0 aliphatic rings. The molecule has 0 spiro atoms. The van der Waals surface area contributed by atoms with E-state index in [4.69, 9.17) is 16.0 Å². The predicted molar refractivity (Wildman–Crippen MR) is 80.3 cm³/mol. The number of hydrogen-bond donors (Lipinski definition) is 1.